The largest absolute Gasteiger partial charge is 0.507 e. The summed E-state index contributed by atoms with van der Waals surface area (Å²) in [5.41, 5.74) is 1.72. The fourth-order valence-electron chi connectivity index (χ4n) is 3.96. The van der Waals surface area contributed by atoms with E-state index in [4.69, 9.17) is 30.9 Å². The Balaban J connectivity index is 0.000000259. The molecule has 0 fully saturated rings. The van der Waals surface area contributed by atoms with E-state index in [-0.39, 0.29) is 34.9 Å². The van der Waals surface area contributed by atoms with Crippen molar-refractivity contribution in [2.24, 2.45) is 0 Å². The van der Waals surface area contributed by atoms with Crippen LogP contribution in [0.1, 0.15) is 48.3 Å². The quantitative estimate of drug-likeness (QED) is 0.0925. The SMILES string of the molecule is CC(O)c1c(O)cccc1[N+](=O)[O-].COc1ccc(CCl)cc1.COc1ccc(COc2cccc([N+](=O)[O-])c2C(C)O)cc1. The maximum absolute atomic E-state index is 11.0. The average molecular weight is 643 g/mol. The summed E-state index contributed by atoms with van der Waals surface area (Å²) in [6.07, 6.45) is -2.05. The molecule has 0 aliphatic rings. The molecule has 0 saturated heterocycles. The summed E-state index contributed by atoms with van der Waals surface area (Å²) < 4.78 is 15.7. The Morgan fingerprint density at radius 2 is 1.16 bits per heavy atom. The number of hydrogen-bond acceptors (Lipinski definition) is 10. The van der Waals surface area contributed by atoms with Gasteiger partial charge in [0.2, 0.25) is 0 Å². The number of nitro benzene ring substituents is 2. The molecule has 3 N–H and O–H groups in total. The van der Waals surface area contributed by atoms with Gasteiger partial charge in [0.1, 0.15) is 29.6 Å². The Morgan fingerprint density at radius 3 is 1.56 bits per heavy atom. The Labute approximate surface area is 265 Å². The van der Waals surface area contributed by atoms with E-state index in [1.807, 2.05) is 48.5 Å². The zero-order valence-corrected chi connectivity index (χ0v) is 25.9. The molecule has 0 bridgehead atoms. The standard InChI is InChI=1S/C16H17NO5.C8H9ClO.C8H9NO4/c1-11(18)16-14(17(19)20)4-3-5-15(16)22-10-12-6-8-13(21-2)9-7-12;1-10-8-4-2-7(6-9)3-5-8;1-5(10)8-6(9(12)13)3-2-4-7(8)11/h3-9,11,18H,10H2,1-2H3;2-5H,6H2,1H3;2-5,10-11H,1H3. The van der Waals surface area contributed by atoms with E-state index >= 15 is 0 Å². The normalized spacial score (nSPS) is 11.4. The molecular formula is C32H35ClN2O10. The molecule has 12 nitrogen and oxygen atoms in total. The summed E-state index contributed by atoms with van der Waals surface area (Å²) in [5.74, 6) is 2.21. The third-order valence-corrected chi connectivity index (χ3v) is 6.51. The third-order valence-electron chi connectivity index (χ3n) is 6.20. The van der Waals surface area contributed by atoms with E-state index < -0.39 is 22.1 Å². The van der Waals surface area contributed by atoms with Gasteiger partial charge in [-0.1, -0.05) is 36.4 Å². The lowest BCUT2D eigenvalue weighted by Gasteiger charge is -2.13. The lowest BCUT2D eigenvalue weighted by atomic mass is 10.1. The first kappa shape index (κ1) is 36.3. The Hall–Kier alpha value is -4.91. The van der Waals surface area contributed by atoms with Crippen LogP contribution in [0.15, 0.2) is 84.9 Å². The zero-order chi connectivity index (χ0) is 33.5. The fourth-order valence-corrected chi connectivity index (χ4v) is 4.14. The second-order valence-corrected chi connectivity index (χ2v) is 9.65. The van der Waals surface area contributed by atoms with E-state index in [1.165, 1.54) is 44.2 Å². The van der Waals surface area contributed by atoms with Gasteiger partial charge in [-0.2, -0.15) is 0 Å². The lowest BCUT2D eigenvalue weighted by Crippen LogP contribution is -2.04. The summed E-state index contributed by atoms with van der Waals surface area (Å²) in [6, 6.07) is 23.4. The monoisotopic (exact) mass is 642 g/mol. The fraction of sp³-hybridized carbons (Fsp3) is 0.250. The highest BCUT2D eigenvalue weighted by Gasteiger charge is 2.23. The number of aliphatic hydroxyl groups excluding tert-OH is 2. The van der Waals surface area contributed by atoms with Crippen LogP contribution in [0.25, 0.3) is 0 Å². The van der Waals surface area contributed by atoms with Crippen LogP contribution in [-0.4, -0.2) is 39.4 Å². The highest BCUT2D eigenvalue weighted by molar-refractivity contribution is 6.17. The molecule has 13 heteroatoms. The lowest BCUT2D eigenvalue weighted by molar-refractivity contribution is -0.386. The van der Waals surface area contributed by atoms with Gasteiger partial charge in [0.05, 0.1) is 47.4 Å². The molecule has 4 aromatic rings. The Kier molecular flexibility index (Phi) is 14.5. The minimum absolute atomic E-state index is 0.0486. The number of nitro groups is 2. The first-order valence-corrected chi connectivity index (χ1v) is 14.0. The summed E-state index contributed by atoms with van der Waals surface area (Å²) >= 11 is 5.58. The van der Waals surface area contributed by atoms with Gasteiger partial charge < -0.3 is 29.5 Å². The Bertz CT molecular complexity index is 1510. The van der Waals surface area contributed by atoms with Gasteiger partial charge in [-0.15, -0.1) is 11.6 Å². The predicted molar refractivity (Wildman–Crippen MR) is 169 cm³/mol. The van der Waals surface area contributed by atoms with Crippen molar-refractivity contribution in [2.45, 2.75) is 38.5 Å². The number of ether oxygens (including phenoxy) is 3. The van der Waals surface area contributed by atoms with Crippen molar-refractivity contribution in [3.05, 3.63) is 127 Å². The molecule has 0 aliphatic carbocycles. The molecule has 4 aromatic carbocycles. The number of aromatic hydroxyl groups is 1. The maximum atomic E-state index is 11.0. The van der Waals surface area contributed by atoms with E-state index in [9.17, 15) is 30.4 Å². The van der Waals surface area contributed by atoms with Crippen molar-refractivity contribution < 1.29 is 39.4 Å². The summed E-state index contributed by atoms with van der Waals surface area (Å²) in [5, 5.41) is 49.7. The van der Waals surface area contributed by atoms with Gasteiger partial charge in [-0.05, 0) is 61.4 Å². The molecule has 2 unspecified atom stereocenters. The van der Waals surface area contributed by atoms with E-state index in [1.54, 1.807) is 20.3 Å². The molecule has 45 heavy (non-hydrogen) atoms. The number of nitrogens with zero attached hydrogens (tertiary/aromatic N) is 2. The molecule has 0 saturated carbocycles. The van der Waals surface area contributed by atoms with Crippen molar-refractivity contribution in [1.29, 1.82) is 0 Å². The molecule has 0 aromatic heterocycles. The minimum atomic E-state index is -1.05. The van der Waals surface area contributed by atoms with Crippen LogP contribution < -0.4 is 14.2 Å². The number of alkyl halides is 1. The van der Waals surface area contributed by atoms with Crippen LogP contribution in [0.5, 0.6) is 23.0 Å². The number of rotatable bonds is 10. The van der Waals surface area contributed by atoms with Crippen LogP contribution in [0.3, 0.4) is 0 Å². The predicted octanol–water partition coefficient (Wildman–Crippen LogP) is 7.02. The van der Waals surface area contributed by atoms with Gasteiger partial charge in [0, 0.05) is 18.0 Å². The number of phenolic OH excluding ortho intramolecular Hbond substituents is 1. The van der Waals surface area contributed by atoms with Crippen LogP contribution in [0.2, 0.25) is 0 Å². The first-order chi connectivity index (χ1) is 21.4. The molecular weight excluding hydrogens is 608 g/mol. The highest BCUT2D eigenvalue weighted by Crippen LogP contribution is 2.34. The van der Waals surface area contributed by atoms with E-state index in [0.717, 1.165) is 22.6 Å². The summed E-state index contributed by atoms with van der Waals surface area (Å²) in [4.78, 5) is 20.3. The van der Waals surface area contributed by atoms with Crippen molar-refractivity contribution in [3.63, 3.8) is 0 Å². The minimum Gasteiger partial charge on any atom is -0.507 e. The smallest absolute Gasteiger partial charge is 0.278 e. The molecule has 240 valence electrons. The van der Waals surface area contributed by atoms with Crippen molar-refractivity contribution in [2.75, 3.05) is 14.2 Å². The van der Waals surface area contributed by atoms with E-state index in [2.05, 4.69) is 0 Å². The molecule has 0 heterocycles. The second-order valence-electron chi connectivity index (χ2n) is 9.38. The molecule has 0 radical (unpaired) electrons. The Morgan fingerprint density at radius 1 is 0.711 bits per heavy atom. The van der Waals surface area contributed by atoms with Crippen LogP contribution >= 0.6 is 11.6 Å². The molecule has 0 spiro atoms. The number of hydrogen-bond donors (Lipinski definition) is 3. The third kappa shape index (κ3) is 10.9. The van der Waals surface area contributed by atoms with Crippen molar-refractivity contribution in [3.8, 4) is 23.0 Å². The van der Waals surface area contributed by atoms with Gasteiger partial charge in [-0.3, -0.25) is 20.2 Å². The van der Waals surface area contributed by atoms with Crippen LogP contribution in [-0.2, 0) is 12.5 Å². The molecule has 0 amide bonds. The highest BCUT2D eigenvalue weighted by atomic mass is 35.5. The van der Waals surface area contributed by atoms with Gasteiger partial charge in [-0.25, -0.2) is 0 Å². The number of methoxy groups -OCH3 is 2. The molecule has 2 atom stereocenters. The number of aliphatic hydroxyl groups is 2. The first-order valence-electron chi connectivity index (χ1n) is 13.5. The van der Waals surface area contributed by atoms with Crippen LogP contribution in [0.4, 0.5) is 11.4 Å². The topological polar surface area (TPSA) is 175 Å². The van der Waals surface area contributed by atoms with Crippen molar-refractivity contribution >= 4 is 23.0 Å². The number of benzene rings is 4. The maximum Gasteiger partial charge on any atom is 0.278 e. The van der Waals surface area contributed by atoms with Gasteiger partial charge >= 0.3 is 0 Å². The van der Waals surface area contributed by atoms with Crippen molar-refractivity contribution in [1.82, 2.24) is 0 Å². The number of halogens is 1. The summed E-state index contributed by atoms with van der Waals surface area (Å²) in [7, 11) is 3.24. The van der Waals surface area contributed by atoms with E-state index in [0.29, 0.717) is 11.6 Å². The summed E-state index contributed by atoms with van der Waals surface area (Å²) in [6.45, 7) is 3.08. The number of phenols is 1. The van der Waals surface area contributed by atoms with Crippen LogP contribution in [0, 0.1) is 20.2 Å². The average Bonchev–Trinajstić information content (AvgIpc) is 3.04. The molecule has 4 rings (SSSR count). The van der Waals surface area contributed by atoms with Gasteiger partial charge in [0.25, 0.3) is 11.4 Å². The van der Waals surface area contributed by atoms with Gasteiger partial charge in [0.15, 0.2) is 0 Å². The second kappa shape index (κ2) is 18.0. The molecule has 0 aliphatic heterocycles. The zero-order valence-electron chi connectivity index (χ0n) is 25.1.